The molecule has 0 spiro atoms. The van der Waals surface area contributed by atoms with Gasteiger partial charge in [0.25, 0.3) is 0 Å². The van der Waals surface area contributed by atoms with E-state index in [1.807, 2.05) is 0 Å². The van der Waals surface area contributed by atoms with Gasteiger partial charge in [0.05, 0.1) is 13.1 Å². The molecule has 3 N–H and O–H groups in total. The Labute approximate surface area is 116 Å². The predicted octanol–water partition coefficient (Wildman–Crippen LogP) is -0.813. The topological polar surface area (TPSA) is 124 Å². The predicted molar refractivity (Wildman–Crippen MR) is 69.2 cm³/mol. The summed E-state index contributed by atoms with van der Waals surface area (Å²) in [5.41, 5.74) is 0. The van der Waals surface area contributed by atoms with E-state index in [1.54, 1.807) is 13.8 Å². The Morgan fingerprint density at radius 3 is 2.00 bits per heavy atom. The smallest absolute Gasteiger partial charge is 0.322 e. The van der Waals surface area contributed by atoms with Crippen molar-refractivity contribution in [3.05, 3.63) is 0 Å². The summed E-state index contributed by atoms with van der Waals surface area (Å²) in [4.78, 5) is 45.5. The Balaban J connectivity index is 4.88. The summed E-state index contributed by atoms with van der Waals surface area (Å²) in [6.07, 6.45) is 0. The maximum Gasteiger partial charge on any atom is 0.322 e. The number of ketones is 1. The van der Waals surface area contributed by atoms with Crippen LogP contribution in [0.15, 0.2) is 0 Å². The second-order valence-electron chi connectivity index (χ2n) is 4.75. The molecular weight excluding hydrogens is 268 g/mol. The molecule has 0 saturated carbocycles. The second kappa shape index (κ2) is 8.26. The highest BCUT2D eigenvalue weighted by Crippen LogP contribution is 2.01. The number of rotatable bonds is 9. The number of carboxylic acids is 2. The molecule has 0 fully saturated rings. The van der Waals surface area contributed by atoms with Gasteiger partial charge in [0.1, 0.15) is 11.8 Å². The van der Waals surface area contributed by atoms with E-state index in [0.717, 1.165) is 4.90 Å². The second-order valence-corrected chi connectivity index (χ2v) is 4.75. The molecule has 0 bridgehead atoms. The zero-order valence-electron chi connectivity index (χ0n) is 11.8. The highest BCUT2D eigenvalue weighted by atomic mass is 16.4. The zero-order chi connectivity index (χ0) is 15.9. The van der Waals surface area contributed by atoms with Gasteiger partial charge in [0.2, 0.25) is 5.91 Å². The normalized spacial score (nSPS) is 12.2. The molecule has 20 heavy (non-hydrogen) atoms. The number of nitrogens with zero attached hydrogens (tertiary/aromatic N) is 1. The van der Waals surface area contributed by atoms with E-state index < -0.39 is 24.5 Å². The minimum Gasteiger partial charge on any atom is -0.480 e. The van der Waals surface area contributed by atoms with Crippen LogP contribution >= 0.6 is 0 Å². The van der Waals surface area contributed by atoms with Gasteiger partial charge in [0, 0.05) is 12.5 Å². The highest BCUT2D eigenvalue weighted by molar-refractivity contribution is 5.82. The quantitative estimate of drug-likeness (QED) is 0.506. The summed E-state index contributed by atoms with van der Waals surface area (Å²) in [6, 6.07) is -1.27. The molecule has 114 valence electrons. The highest BCUT2D eigenvalue weighted by Gasteiger charge is 2.28. The Hall–Kier alpha value is -1.96. The molecule has 8 heteroatoms. The Kier molecular flexibility index (Phi) is 7.45. The number of nitrogens with one attached hydrogen (secondary N) is 1. The third-order valence-electron chi connectivity index (χ3n) is 2.48. The standard InChI is InChI=1S/C12H20N2O6/c1-7(2)11(18)13-4-9(12(19)20)14(5-8(3)15)6-10(16)17/h7,9H,4-6H2,1-3H3,(H,13,18)(H,16,17)(H,19,20)/t9-/m0/s1. The average Bonchev–Trinajstić information content (AvgIpc) is 2.26. The monoisotopic (exact) mass is 288 g/mol. The molecule has 0 saturated heterocycles. The molecule has 0 aliphatic rings. The molecule has 0 radical (unpaired) electrons. The molecule has 0 aliphatic carbocycles. The van der Waals surface area contributed by atoms with Crippen molar-refractivity contribution in [1.82, 2.24) is 10.2 Å². The molecule has 0 aliphatic heterocycles. The largest absolute Gasteiger partial charge is 0.480 e. The minimum absolute atomic E-state index is 0.257. The molecule has 0 aromatic rings. The molecule has 0 aromatic heterocycles. The van der Waals surface area contributed by atoms with Crippen LogP contribution in [0.25, 0.3) is 0 Å². The van der Waals surface area contributed by atoms with Crippen LogP contribution in [0.1, 0.15) is 20.8 Å². The number of Topliss-reactive ketones (excluding diaryl/α,β-unsaturated/α-hetero) is 1. The fourth-order valence-corrected chi connectivity index (χ4v) is 1.51. The lowest BCUT2D eigenvalue weighted by Gasteiger charge is -2.26. The number of carbonyl (C=O) groups excluding carboxylic acids is 2. The number of aliphatic carboxylic acids is 2. The first-order valence-electron chi connectivity index (χ1n) is 6.11. The Morgan fingerprint density at radius 1 is 1.10 bits per heavy atom. The van der Waals surface area contributed by atoms with Gasteiger partial charge in [0.15, 0.2) is 0 Å². The van der Waals surface area contributed by atoms with Crippen molar-refractivity contribution in [3.8, 4) is 0 Å². The summed E-state index contributed by atoms with van der Waals surface area (Å²) in [6.45, 7) is 3.38. The van der Waals surface area contributed by atoms with Crippen LogP contribution < -0.4 is 5.32 Å². The lowest BCUT2D eigenvalue weighted by Crippen LogP contribution is -2.52. The van der Waals surface area contributed by atoms with Crippen LogP contribution in [0.4, 0.5) is 0 Å². The van der Waals surface area contributed by atoms with E-state index in [2.05, 4.69) is 5.32 Å². The van der Waals surface area contributed by atoms with Crippen LogP contribution in [-0.2, 0) is 19.2 Å². The number of amides is 1. The van der Waals surface area contributed by atoms with E-state index in [9.17, 15) is 19.2 Å². The Bertz CT molecular complexity index is 377. The fraction of sp³-hybridized carbons (Fsp3) is 0.667. The van der Waals surface area contributed by atoms with Gasteiger partial charge in [-0.15, -0.1) is 0 Å². The van der Waals surface area contributed by atoms with Gasteiger partial charge in [-0.2, -0.15) is 0 Å². The van der Waals surface area contributed by atoms with Gasteiger partial charge in [-0.25, -0.2) is 0 Å². The number of hydrogen-bond donors (Lipinski definition) is 3. The van der Waals surface area contributed by atoms with Crippen molar-refractivity contribution < 1.29 is 29.4 Å². The zero-order valence-corrected chi connectivity index (χ0v) is 11.8. The summed E-state index contributed by atoms with van der Waals surface area (Å²) < 4.78 is 0. The van der Waals surface area contributed by atoms with E-state index in [4.69, 9.17) is 10.2 Å². The first kappa shape index (κ1) is 18.0. The fourth-order valence-electron chi connectivity index (χ4n) is 1.51. The van der Waals surface area contributed by atoms with E-state index in [-0.39, 0.29) is 30.7 Å². The van der Waals surface area contributed by atoms with Gasteiger partial charge in [-0.3, -0.25) is 24.1 Å². The molecule has 1 amide bonds. The van der Waals surface area contributed by atoms with Gasteiger partial charge >= 0.3 is 11.9 Å². The lowest BCUT2D eigenvalue weighted by molar-refractivity contribution is -0.146. The lowest BCUT2D eigenvalue weighted by atomic mass is 10.2. The summed E-state index contributed by atoms with van der Waals surface area (Å²) in [5.74, 6) is -3.54. The molecule has 0 unspecified atom stereocenters. The van der Waals surface area contributed by atoms with E-state index in [1.165, 1.54) is 6.92 Å². The first-order valence-corrected chi connectivity index (χ1v) is 6.11. The SMILES string of the molecule is CC(=O)CN(CC(=O)O)[C@@H](CNC(=O)C(C)C)C(=O)O. The van der Waals surface area contributed by atoms with Crippen LogP contribution in [0, 0.1) is 5.92 Å². The van der Waals surface area contributed by atoms with Gasteiger partial charge in [-0.05, 0) is 6.92 Å². The third-order valence-corrected chi connectivity index (χ3v) is 2.48. The summed E-state index contributed by atoms with van der Waals surface area (Å²) >= 11 is 0. The average molecular weight is 288 g/mol. The third kappa shape index (κ3) is 6.83. The summed E-state index contributed by atoms with van der Waals surface area (Å²) in [7, 11) is 0. The van der Waals surface area contributed by atoms with Crippen LogP contribution in [0.5, 0.6) is 0 Å². The first-order chi connectivity index (χ1) is 9.15. The molecule has 0 heterocycles. The maximum atomic E-state index is 11.4. The minimum atomic E-state index is -1.29. The molecular formula is C12H20N2O6. The van der Waals surface area contributed by atoms with Crippen molar-refractivity contribution in [1.29, 1.82) is 0 Å². The van der Waals surface area contributed by atoms with Crippen molar-refractivity contribution in [2.45, 2.75) is 26.8 Å². The number of carboxylic acid groups (broad SMARTS) is 2. The molecule has 1 atom stereocenters. The summed E-state index contributed by atoms with van der Waals surface area (Å²) in [5, 5.41) is 20.3. The van der Waals surface area contributed by atoms with Gasteiger partial charge < -0.3 is 15.5 Å². The van der Waals surface area contributed by atoms with Crippen LogP contribution in [-0.4, -0.2) is 64.4 Å². The van der Waals surface area contributed by atoms with Crippen LogP contribution in [0.2, 0.25) is 0 Å². The van der Waals surface area contributed by atoms with Crippen molar-refractivity contribution in [2.24, 2.45) is 5.92 Å². The van der Waals surface area contributed by atoms with Gasteiger partial charge in [-0.1, -0.05) is 13.8 Å². The molecule has 0 aromatic carbocycles. The van der Waals surface area contributed by atoms with E-state index >= 15 is 0 Å². The maximum absolute atomic E-state index is 11.4. The van der Waals surface area contributed by atoms with E-state index in [0.29, 0.717) is 0 Å². The van der Waals surface area contributed by atoms with Crippen molar-refractivity contribution in [3.63, 3.8) is 0 Å². The van der Waals surface area contributed by atoms with Crippen LogP contribution in [0.3, 0.4) is 0 Å². The molecule has 8 nitrogen and oxygen atoms in total. The number of carbonyl (C=O) groups is 4. The Morgan fingerprint density at radius 2 is 1.65 bits per heavy atom. The van der Waals surface area contributed by atoms with Crippen molar-refractivity contribution >= 4 is 23.6 Å². The van der Waals surface area contributed by atoms with Crippen molar-refractivity contribution in [2.75, 3.05) is 19.6 Å². The number of hydrogen-bond acceptors (Lipinski definition) is 5. The molecule has 0 rings (SSSR count).